The Morgan fingerprint density at radius 1 is 1.15 bits per heavy atom. The summed E-state index contributed by atoms with van der Waals surface area (Å²) in [5, 5.41) is 65.2. The van der Waals surface area contributed by atoms with Gasteiger partial charge in [0.1, 0.15) is 29.5 Å². The fraction of sp³-hybridized carbons (Fsp3) is 0.444. The van der Waals surface area contributed by atoms with Crippen LogP contribution in [-0.4, -0.2) is 86.7 Å². The van der Waals surface area contributed by atoms with Gasteiger partial charge < -0.3 is 39.7 Å². The molecule has 2 aromatic carbocycles. The van der Waals surface area contributed by atoms with E-state index in [4.69, 9.17) is 14.2 Å². The molecule has 1 aliphatic heterocycles. The number of aliphatic hydroxyl groups excluding tert-OH is 2. The Balaban J connectivity index is 1.68. The van der Waals surface area contributed by atoms with Gasteiger partial charge in [-0.1, -0.05) is 12.1 Å². The molecule has 213 valence electrons. The van der Waals surface area contributed by atoms with E-state index < -0.39 is 95.7 Å². The standard InChI is InChI=1S/C27H28NO12/c1-10-22(31)13(28-37)6-17(39-10)40-15-8-27(36,16(30)9-29)7-12-19(15)26(35)21-20(24(12)33)23(32)11-4-3-5-14(38-2)18(11)25(21)34/h3-5,10,13,15,17,22,28-29,31,33,35-36H,6-9H2,1-2H3/t10?,13?,15-,17?,22?,27-/m0/s1. The average molecular weight is 559 g/mol. The number of nitrogens with one attached hydrogen (secondary N) is 1. The lowest BCUT2D eigenvalue weighted by Crippen LogP contribution is -2.53. The molecule has 1 radical (unpaired) electrons. The first-order chi connectivity index (χ1) is 19.0. The molecular weight excluding hydrogens is 530 g/mol. The quantitative estimate of drug-likeness (QED) is 0.174. The summed E-state index contributed by atoms with van der Waals surface area (Å²) in [7, 11) is 1.31. The Morgan fingerprint density at radius 3 is 2.50 bits per heavy atom. The van der Waals surface area contributed by atoms with Gasteiger partial charge in [-0.25, -0.2) is 0 Å². The smallest absolute Gasteiger partial charge is 0.202 e. The fourth-order valence-electron chi connectivity index (χ4n) is 5.83. The van der Waals surface area contributed by atoms with E-state index in [0.29, 0.717) is 0 Å². The number of benzene rings is 2. The van der Waals surface area contributed by atoms with Crippen molar-refractivity contribution in [2.45, 2.75) is 62.4 Å². The van der Waals surface area contributed by atoms with Crippen molar-refractivity contribution in [2.24, 2.45) is 0 Å². The SMILES string of the molecule is COc1cccc2c1C(=O)c1c(O)c3c(c(O)c1C2=O)C[C@@](O)(C(=O)CO)C[C@@H]3OC1CC(N[O])C(O)C(C)O1. The largest absolute Gasteiger partial charge is 0.507 e. The molecule has 0 aromatic heterocycles. The Kier molecular flexibility index (Phi) is 7.17. The zero-order valence-corrected chi connectivity index (χ0v) is 21.5. The fourth-order valence-corrected chi connectivity index (χ4v) is 5.83. The van der Waals surface area contributed by atoms with Gasteiger partial charge in [-0.2, -0.15) is 5.48 Å². The van der Waals surface area contributed by atoms with Gasteiger partial charge >= 0.3 is 0 Å². The summed E-state index contributed by atoms with van der Waals surface area (Å²) < 4.78 is 16.9. The Morgan fingerprint density at radius 2 is 1.85 bits per heavy atom. The van der Waals surface area contributed by atoms with Gasteiger partial charge in [-0.05, 0) is 13.0 Å². The molecule has 3 aliphatic rings. The number of Topliss-reactive ketones (excluding diaryl/α,β-unsaturated/α-hetero) is 1. The van der Waals surface area contributed by atoms with E-state index in [1.807, 2.05) is 0 Å². The van der Waals surface area contributed by atoms with Crippen molar-refractivity contribution in [3.05, 3.63) is 51.6 Å². The number of phenols is 2. The first-order valence-corrected chi connectivity index (χ1v) is 12.6. The van der Waals surface area contributed by atoms with Crippen molar-refractivity contribution in [1.82, 2.24) is 5.48 Å². The van der Waals surface area contributed by atoms with Crippen LogP contribution in [0.15, 0.2) is 18.2 Å². The number of ether oxygens (including phenoxy) is 3. The van der Waals surface area contributed by atoms with Gasteiger partial charge in [-0.15, -0.1) is 5.21 Å². The van der Waals surface area contributed by atoms with E-state index in [0.717, 1.165) is 0 Å². The predicted molar refractivity (Wildman–Crippen MR) is 131 cm³/mol. The van der Waals surface area contributed by atoms with Crippen LogP contribution in [0.4, 0.5) is 0 Å². The van der Waals surface area contributed by atoms with Crippen LogP contribution in [0.1, 0.15) is 68.8 Å². The molecule has 2 aliphatic carbocycles. The maximum Gasteiger partial charge on any atom is 0.202 e. The van der Waals surface area contributed by atoms with E-state index in [1.165, 1.54) is 32.2 Å². The average Bonchev–Trinajstić information content (AvgIpc) is 2.94. The van der Waals surface area contributed by atoms with Crippen molar-refractivity contribution in [2.75, 3.05) is 13.7 Å². The van der Waals surface area contributed by atoms with Crippen LogP contribution in [0.25, 0.3) is 0 Å². The molecule has 5 rings (SSSR count). The molecule has 0 amide bonds. The first-order valence-electron chi connectivity index (χ1n) is 12.6. The van der Waals surface area contributed by atoms with Crippen molar-refractivity contribution >= 4 is 17.3 Å². The number of ketones is 3. The van der Waals surface area contributed by atoms with Crippen molar-refractivity contribution < 1.29 is 59.3 Å². The molecule has 1 saturated heterocycles. The number of hydroxylamine groups is 1. The lowest BCUT2D eigenvalue weighted by Gasteiger charge is -2.42. The number of fused-ring (bicyclic) bond motifs is 3. The van der Waals surface area contributed by atoms with Crippen molar-refractivity contribution in [3.63, 3.8) is 0 Å². The zero-order valence-electron chi connectivity index (χ0n) is 21.5. The molecule has 0 saturated carbocycles. The zero-order chi connectivity index (χ0) is 29.1. The second-order valence-electron chi connectivity index (χ2n) is 10.2. The van der Waals surface area contributed by atoms with Crippen molar-refractivity contribution in [3.8, 4) is 17.2 Å². The number of carbonyl (C=O) groups excluding carboxylic acids is 3. The van der Waals surface area contributed by atoms with Crippen LogP contribution in [0, 0.1) is 0 Å². The lowest BCUT2D eigenvalue weighted by molar-refractivity contribution is -0.257. The monoisotopic (exact) mass is 558 g/mol. The molecule has 13 nitrogen and oxygen atoms in total. The van der Waals surface area contributed by atoms with Crippen LogP contribution in [-0.2, 0) is 25.9 Å². The summed E-state index contributed by atoms with van der Waals surface area (Å²) in [5.41, 5.74) is -2.16. The number of carbonyl (C=O) groups is 3. The normalized spacial score (nSPS) is 29.4. The Labute approximate surface area is 227 Å². The van der Waals surface area contributed by atoms with Gasteiger partial charge in [0.05, 0.1) is 48.2 Å². The van der Waals surface area contributed by atoms with Gasteiger partial charge in [0, 0.05) is 36.0 Å². The predicted octanol–water partition coefficient (Wildman–Crippen LogP) is -0.0223. The van der Waals surface area contributed by atoms with Crippen LogP contribution in [0.5, 0.6) is 17.2 Å². The number of aliphatic hydroxyl groups is 3. The molecule has 6 N–H and O–H groups in total. The van der Waals surface area contributed by atoms with E-state index in [-0.39, 0.29) is 34.4 Å². The third kappa shape index (κ3) is 4.18. The van der Waals surface area contributed by atoms with Gasteiger partial charge in [0.2, 0.25) is 5.78 Å². The highest BCUT2D eigenvalue weighted by atomic mass is 16.7. The van der Waals surface area contributed by atoms with Gasteiger partial charge in [-0.3, -0.25) is 14.4 Å². The molecule has 6 atom stereocenters. The number of hydrogen-bond acceptors (Lipinski definition) is 12. The highest BCUT2D eigenvalue weighted by molar-refractivity contribution is 6.31. The molecule has 40 heavy (non-hydrogen) atoms. The summed E-state index contributed by atoms with van der Waals surface area (Å²) in [6.45, 7) is 0.450. The minimum Gasteiger partial charge on any atom is -0.507 e. The summed E-state index contributed by atoms with van der Waals surface area (Å²) >= 11 is 0. The minimum absolute atomic E-state index is 0.0730. The number of aromatic hydroxyl groups is 2. The van der Waals surface area contributed by atoms with E-state index in [2.05, 4.69) is 0 Å². The molecule has 4 unspecified atom stereocenters. The van der Waals surface area contributed by atoms with Gasteiger partial charge in [0.25, 0.3) is 0 Å². The number of hydrogen-bond donors (Lipinski definition) is 6. The second-order valence-corrected chi connectivity index (χ2v) is 10.2. The molecule has 0 spiro atoms. The van der Waals surface area contributed by atoms with Crippen LogP contribution in [0.3, 0.4) is 0 Å². The molecule has 0 bridgehead atoms. The first kappa shape index (κ1) is 28.1. The highest BCUT2D eigenvalue weighted by Gasteiger charge is 2.50. The summed E-state index contributed by atoms with van der Waals surface area (Å²) in [6, 6.07) is 3.33. The van der Waals surface area contributed by atoms with Crippen LogP contribution >= 0.6 is 0 Å². The topological polar surface area (TPSA) is 212 Å². The second kappa shape index (κ2) is 10.2. The summed E-state index contributed by atoms with van der Waals surface area (Å²) in [6.07, 6.45) is -5.92. The number of methoxy groups -OCH3 is 1. The Hall–Kier alpha value is -3.43. The number of rotatable bonds is 6. The van der Waals surface area contributed by atoms with E-state index >= 15 is 0 Å². The van der Waals surface area contributed by atoms with Crippen molar-refractivity contribution in [1.29, 1.82) is 0 Å². The molecule has 2 aromatic rings. The Bertz CT molecular complexity index is 1410. The lowest BCUT2D eigenvalue weighted by atomic mass is 9.72. The molecular formula is C27H28NO12. The maximum absolute atomic E-state index is 13.7. The highest BCUT2D eigenvalue weighted by Crippen LogP contribution is 2.52. The molecule has 1 heterocycles. The van der Waals surface area contributed by atoms with E-state index in [9.17, 15) is 45.1 Å². The third-order valence-electron chi connectivity index (χ3n) is 7.91. The molecule has 13 heteroatoms. The summed E-state index contributed by atoms with van der Waals surface area (Å²) in [5.74, 6) is -3.96. The molecule has 1 fully saturated rings. The number of phenolic OH excluding ortho intramolecular Hbond substituents is 2. The van der Waals surface area contributed by atoms with Gasteiger partial charge in [0.15, 0.2) is 17.9 Å². The third-order valence-corrected chi connectivity index (χ3v) is 7.91. The maximum atomic E-state index is 13.7. The van der Waals surface area contributed by atoms with Crippen LogP contribution in [0.2, 0.25) is 0 Å². The minimum atomic E-state index is -2.29. The van der Waals surface area contributed by atoms with Crippen LogP contribution < -0.4 is 10.2 Å². The summed E-state index contributed by atoms with van der Waals surface area (Å²) in [4.78, 5) is 39.8. The van der Waals surface area contributed by atoms with E-state index in [1.54, 1.807) is 5.48 Å².